The number of allylic oxidation sites excluding steroid dienone is 12. The second-order valence-corrected chi connectivity index (χ2v) is 31.3. The summed E-state index contributed by atoms with van der Waals surface area (Å²) in [5.41, 5.74) is 0. The van der Waals surface area contributed by atoms with Crippen LogP contribution in [-0.4, -0.2) is 96.7 Å². The number of aliphatic hydroxyl groups is 1. The van der Waals surface area contributed by atoms with Crippen LogP contribution in [0, 0.1) is 0 Å². The second kappa shape index (κ2) is 77.7. The van der Waals surface area contributed by atoms with Crippen molar-refractivity contribution in [3.8, 4) is 0 Å². The van der Waals surface area contributed by atoms with Gasteiger partial charge in [-0.1, -0.05) is 319 Å². The van der Waals surface area contributed by atoms with Gasteiger partial charge in [-0.3, -0.25) is 37.3 Å². The molecule has 0 heterocycles. The molecule has 19 heteroatoms. The van der Waals surface area contributed by atoms with Gasteiger partial charge in [0.15, 0.2) is 12.2 Å². The number of hydrogen-bond acceptors (Lipinski definition) is 15. The third-order valence-corrected chi connectivity index (χ3v) is 20.0. The smallest absolute Gasteiger partial charge is 0.462 e. The zero-order valence-electron chi connectivity index (χ0n) is 66.5. The fraction of sp³-hybridized carbons (Fsp3) is 0.812. The molecule has 0 aromatic rings. The second-order valence-electron chi connectivity index (χ2n) is 28.4. The number of rotatable bonds is 80. The van der Waals surface area contributed by atoms with Crippen molar-refractivity contribution in [2.24, 2.45) is 0 Å². The Labute approximate surface area is 634 Å². The monoisotopic (exact) mass is 1510 g/mol. The van der Waals surface area contributed by atoms with Gasteiger partial charge >= 0.3 is 39.5 Å². The average molecular weight is 1510 g/mol. The van der Waals surface area contributed by atoms with Gasteiger partial charge in [0.25, 0.3) is 0 Å². The van der Waals surface area contributed by atoms with Crippen LogP contribution in [0.5, 0.6) is 0 Å². The number of esters is 4. The van der Waals surface area contributed by atoms with Crippen LogP contribution in [0.2, 0.25) is 0 Å². The van der Waals surface area contributed by atoms with Crippen LogP contribution in [0.4, 0.5) is 0 Å². The SMILES string of the molecule is CCCCC/C=C\C/C=C\C/C=C\C/C=C\CCCC(=O)OC[C@H](COP(=O)(O)OC[C@@H](O)COP(=O)(O)OC[C@@H](COC(=O)CCCCCCC/C=C\CCCCCCCC)OC(=O)CCCCCCCCCCCCCCCCCCC)OC(=O)CCCCCCC/C=C\CCCCCCCC. The summed E-state index contributed by atoms with van der Waals surface area (Å²) >= 11 is 0. The van der Waals surface area contributed by atoms with Gasteiger partial charge in [0.05, 0.1) is 26.4 Å². The summed E-state index contributed by atoms with van der Waals surface area (Å²) in [7, 11) is -9.97. The number of carbonyl (C=O) groups is 4. The van der Waals surface area contributed by atoms with E-state index < -0.39 is 97.5 Å². The fourth-order valence-electron chi connectivity index (χ4n) is 11.7. The number of phosphoric acid groups is 2. The Morgan fingerprint density at radius 2 is 0.481 bits per heavy atom. The summed E-state index contributed by atoms with van der Waals surface area (Å²) in [5.74, 6) is -2.22. The normalized spacial score (nSPS) is 14.2. The summed E-state index contributed by atoms with van der Waals surface area (Å²) < 4.78 is 68.7. The molecule has 3 N–H and O–H groups in total. The number of unbranched alkanes of at least 4 members (excludes halogenated alkanes) is 42. The van der Waals surface area contributed by atoms with Crippen LogP contribution in [-0.2, 0) is 65.4 Å². The van der Waals surface area contributed by atoms with E-state index in [1.54, 1.807) is 0 Å². The van der Waals surface area contributed by atoms with E-state index in [9.17, 15) is 43.2 Å². The first-order chi connectivity index (χ1) is 50.7. The first-order valence-corrected chi connectivity index (χ1v) is 45.2. The Kier molecular flexibility index (Phi) is 75.0. The molecular formula is C85H154O17P2. The summed E-state index contributed by atoms with van der Waals surface area (Å²) in [6.07, 6.45) is 80.2. The molecule has 17 nitrogen and oxygen atoms in total. The summed E-state index contributed by atoms with van der Waals surface area (Å²) in [4.78, 5) is 73.1. The maximum Gasteiger partial charge on any atom is 0.472 e. The van der Waals surface area contributed by atoms with Crippen LogP contribution in [0.15, 0.2) is 72.9 Å². The van der Waals surface area contributed by atoms with E-state index in [0.717, 1.165) is 128 Å². The quantitative estimate of drug-likeness (QED) is 0.0169. The van der Waals surface area contributed by atoms with Gasteiger partial charge in [0.1, 0.15) is 19.3 Å². The van der Waals surface area contributed by atoms with E-state index in [-0.39, 0.29) is 25.7 Å². The Morgan fingerprint density at radius 3 is 0.788 bits per heavy atom. The first-order valence-electron chi connectivity index (χ1n) is 42.2. The number of phosphoric ester groups is 2. The van der Waals surface area contributed by atoms with E-state index in [2.05, 4.69) is 88.5 Å². The number of hydrogen-bond donors (Lipinski definition) is 3. The van der Waals surface area contributed by atoms with Crippen LogP contribution >= 0.6 is 15.6 Å². The van der Waals surface area contributed by atoms with Gasteiger partial charge in [0, 0.05) is 25.7 Å². The Bertz CT molecular complexity index is 2250. The molecule has 0 aliphatic carbocycles. The molecule has 2 unspecified atom stereocenters. The average Bonchev–Trinajstić information content (AvgIpc) is 0.909. The predicted molar refractivity (Wildman–Crippen MR) is 427 cm³/mol. The zero-order chi connectivity index (χ0) is 76.0. The van der Waals surface area contributed by atoms with E-state index in [1.165, 1.54) is 173 Å². The van der Waals surface area contributed by atoms with Gasteiger partial charge in [0.2, 0.25) is 0 Å². The van der Waals surface area contributed by atoms with E-state index in [1.807, 2.05) is 12.2 Å². The van der Waals surface area contributed by atoms with Gasteiger partial charge < -0.3 is 33.8 Å². The number of ether oxygens (including phenoxy) is 4. The molecule has 104 heavy (non-hydrogen) atoms. The molecule has 606 valence electrons. The predicted octanol–water partition coefficient (Wildman–Crippen LogP) is 24.8. The molecule has 0 fully saturated rings. The van der Waals surface area contributed by atoms with Crippen LogP contribution in [0.25, 0.3) is 0 Å². The van der Waals surface area contributed by atoms with Crippen LogP contribution in [0.3, 0.4) is 0 Å². The van der Waals surface area contributed by atoms with Crippen LogP contribution < -0.4 is 0 Å². The molecule has 0 saturated carbocycles. The van der Waals surface area contributed by atoms with Crippen molar-refractivity contribution in [1.29, 1.82) is 0 Å². The topological polar surface area (TPSA) is 237 Å². The molecule has 0 aromatic carbocycles. The minimum atomic E-state index is -4.99. The van der Waals surface area contributed by atoms with Crippen molar-refractivity contribution in [3.05, 3.63) is 72.9 Å². The van der Waals surface area contributed by atoms with Crippen molar-refractivity contribution in [2.75, 3.05) is 39.6 Å². The van der Waals surface area contributed by atoms with Gasteiger partial charge in [-0.25, -0.2) is 9.13 Å². The van der Waals surface area contributed by atoms with E-state index in [0.29, 0.717) is 32.1 Å². The highest BCUT2D eigenvalue weighted by molar-refractivity contribution is 7.47. The summed E-state index contributed by atoms with van der Waals surface area (Å²) in [6, 6.07) is 0. The fourth-order valence-corrected chi connectivity index (χ4v) is 13.3. The van der Waals surface area contributed by atoms with Crippen molar-refractivity contribution >= 4 is 39.5 Å². The zero-order valence-corrected chi connectivity index (χ0v) is 68.2. The van der Waals surface area contributed by atoms with Gasteiger partial charge in [-0.2, -0.15) is 0 Å². The molecule has 0 aliphatic rings. The third-order valence-electron chi connectivity index (χ3n) is 18.1. The lowest BCUT2D eigenvalue weighted by Crippen LogP contribution is -2.30. The first kappa shape index (κ1) is 100. The largest absolute Gasteiger partial charge is 0.472 e. The number of carbonyl (C=O) groups excluding carboxylic acids is 4. The Morgan fingerprint density at radius 1 is 0.269 bits per heavy atom. The highest BCUT2D eigenvalue weighted by atomic mass is 31.2. The maximum absolute atomic E-state index is 13.1. The Hall–Kier alpha value is -3.50. The lowest BCUT2D eigenvalue weighted by molar-refractivity contribution is -0.161. The van der Waals surface area contributed by atoms with Crippen molar-refractivity contribution in [1.82, 2.24) is 0 Å². The highest BCUT2D eigenvalue weighted by Gasteiger charge is 2.30. The maximum atomic E-state index is 13.1. The molecular weight excluding hydrogens is 1350 g/mol. The van der Waals surface area contributed by atoms with Gasteiger partial charge in [-0.15, -0.1) is 0 Å². The van der Waals surface area contributed by atoms with Crippen molar-refractivity contribution in [2.45, 2.75) is 406 Å². The van der Waals surface area contributed by atoms with Crippen LogP contribution in [0.1, 0.15) is 387 Å². The minimum absolute atomic E-state index is 0.0761. The third kappa shape index (κ3) is 76.7. The molecule has 0 radical (unpaired) electrons. The lowest BCUT2D eigenvalue weighted by atomic mass is 10.0. The molecule has 5 atom stereocenters. The molecule has 0 saturated heterocycles. The standard InChI is InChI=1S/C85H154O17P2/c1-5-9-13-17-21-25-29-33-37-39-43-46-50-54-58-62-66-70-83(88)96-76-80(101-84(89)71-67-63-59-55-51-47-42-36-32-28-24-20-16-12-8-4)77-99-103(91,92)97-73-79(86)74-98-104(93,94)100-78-81(75-95-82(87)69-65-61-57-53-49-45-41-35-31-27-23-19-15-11-7-3)102-85(90)72-68-64-60-56-52-48-44-40-38-34-30-26-22-18-14-10-6-2/h21,25,33,35-37,41-43,46,54,58,79-81,86H,5-20,22-24,26-32,34,38-40,44-45,47-53,55-57,59-78H2,1-4H3,(H,91,92)(H,93,94)/b25-21-,37-33-,41-35-,42-36-,46-43-,58-54-/t79-,80-,81-/m1/s1. The lowest BCUT2D eigenvalue weighted by Gasteiger charge is -2.21. The van der Waals surface area contributed by atoms with Crippen molar-refractivity contribution < 1.29 is 80.2 Å². The molecule has 0 amide bonds. The Balaban J connectivity index is 5.39. The summed E-state index contributed by atoms with van der Waals surface area (Å²) in [5, 5.41) is 10.7. The highest BCUT2D eigenvalue weighted by Crippen LogP contribution is 2.45. The van der Waals surface area contributed by atoms with E-state index in [4.69, 9.17) is 37.0 Å². The molecule has 0 aromatic heterocycles. The molecule has 0 rings (SSSR count). The molecule has 0 spiro atoms. The van der Waals surface area contributed by atoms with Gasteiger partial charge in [-0.05, 0) is 116 Å². The van der Waals surface area contributed by atoms with E-state index >= 15 is 0 Å². The molecule has 0 bridgehead atoms. The minimum Gasteiger partial charge on any atom is -0.462 e. The molecule has 0 aliphatic heterocycles. The number of aliphatic hydroxyl groups excluding tert-OH is 1. The summed E-state index contributed by atoms with van der Waals surface area (Å²) in [6.45, 7) is 4.85. The van der Waals surface area contributed by atoms with Crippen molar-refractivity contribution in [3.63, 3.8) is 0 Å².